The highest BCUT2D eigenvalue weighted by Crippen LogP contribution is 2.48. The number of hydrazine groups is 6. The molecule has 0 fully saturated rings. The summed E-state index contributed by atoms with van der Waals surface area (Å²) in [5, 5.41) is 71.3. The van der Waals surface area contributed by atoms with E-state index < -0.39 is 38.6 Å². The number of anilines is 6. The minimum Gasteiger partial charge on any atom is -0.481 e. The van der Waals surface area contributed by atoms with Crippen molar-refractivity contribution in [3.05, 3.63) is 288 Å². The van der Waals surface area contributed by atoms with Gasteiger partial charge in [0.25, 0.3) is 10.1 Å². The molecular formula is C74H71N15O7S. The monoisotopic (exact) mass is 1310 g/mol. The molecule has 0 aliphatic carbocycles. The van der Waals surface area contributed by atoms with Crippen molar-refractivity contribution in [3.63, 3.8) is 0 Å². The number of nitriles is 3. The largest absolute Gasteiger partial charge is 0.481 e. The van der Waals surface area contributed by atoms with Crippen molar-refractivity contribution >= 4 is 73.7 Å². The van der Waals surface area contributed by atoms with Gasteiger partial charge in [0.2, 0.25) is 4.75 Å². The highest BCUT2D eigenvalue weighted by molar-refractivity contribution is 7.88. The molecule has 1 atom stereocenters. The number of benzene rings is 9. The lowest BCUT2D eigenvalue weighted by Gasteiger charge is -2.41. The summed E-state index contributed by atoms with van der Waals surface area (Å²) in [4.78, 5) is 23.5. The van der Waals surface area contributed by atoms with Crippen LogP contribution in [0.15, 0.2) is 270 Å². The molecule has 9 aromatic rings. The van der Waals surface area contributed by atoms with Crippen molar-refractivity contribution in [1.82, 2.24) is 16.3 Å². The first kappa shape index (κ1) is 68.9. The fourth-order valence-electron chi connectivity index (χ4n) is 11.0. The van der Waals surface area contributed by atoms with Crippen LogP contribution in [0.2, 0.25) is 0 Å². The lowest BCUT2D eigenvalue weighted by atomic mass is 9.68. The normalized spacial score (nSPS) is 13.6. The predicted molar refractivity (Wildman–Crippen MR) is 377 cm³/mol. The van der Waals surface area contributed by atoms with E-state index >= 15 is 0 Å². The predicted octanol–water partition coefficient (Wildman–Crippen LogP) is 13.6. The van der Waals surface area contributed by atoms with Gasteiger partial charge in [-0.2, -0.15) is 54.9 Å². The molecule has 1 unspecified atom stereocenters. The molecule has 0 saturated carbocycles. The van der Waals surface area contributed by atoms with Crippen molar-refractivity contribution in [2.45, 2.75) is 70.5 Å². The zero-order chi connectivity index (χ0) is 68.8. The number of rotatable bonds is 20. The van der Waals surface area contributed by atoms with E-state index in [4.69, 9.17) is 31.1 Å². The lowest BCUT2D eigenvalue weighted by Crippen LogP contribution is -2.62. The van der Waals surface area contributed by atoms with Crippen molar-refractivity contribution in [3.8, 4) is 18.2 Å². The Labute approximate surface area is 564 Å². The van der Waals surface area contributed by atoms with Gasteiger partial charge >= 0.3 is 11.9 Å². The SMILES string of the molecule is CCCCCCC(C(=O)O)(C(CC)(CC)C(=O)O)S(=O)(=O)O.N#Cc1ccc(C2=NN(c3ccccc3)N(c3ccccc3)N2)cc1.N#Cc1ccc(C2=NN(c3ccccc3)N(c3ccccc3)N2)cc1.N#Cc1ccc(C2=NN(c3ccccc3)N(c3ccccc3)N2)cc1. The van der Waals surface area contributed by atoms with E-state index in [9.17, 15) is 32.8 Å². The van der Waals surface area contributed by atoms with E-state index in [0.717, 1.165) is 81.2 Å². The Bertz CT molecular complexity index is 4040. The first-order valence-electron chi connectivity index (χ1n) is 31.2. The molecule has 0 aromatic heterocycles. The molecule has 3 aliphatic rings. The van der Waals surface area contributed by atoms with Gasteiger partial charge in [-0.05, 0) is 165 Å². The van der Waals surface area contributed by atoms with Gasteiger partial charge in [-0.1, -0.05) is 156 Å². The number of carbonyl (C=O) groups is 2. The van der Waals surface area contributed by atoms with Gasteiger partial charge in [-0.15, -0.1) is 15.3 Å². The molecule has 97 heavy (non-hydrogen) atoms. The molecule has 0 bridgehead atoms. The molecular weight excluding hydrogens is 1240 g/mol. The Morgan fingerprint density at radius 1 is 0.402 bits per heavy atom. The molecule has 0 saturated heterocycles. The number of hydrogen-bond donors (Lipinski definition) is 6. The smallest absolute Gasteiger partial charge is 0.328 e. The maximum atomic E-state index is 11.9. The fraction of sp³-hybridized carbons (Fsp3) is 0.162. The van der Waals surface area contributed by atoms with E-state index in [2.05, 4.69) is 34.5 Å². The van der Waals surface area contributed by atoms with Crippen LogP contribution in [0, 0.1) is 39.4 Å². The van der Waals surface area contributed by atoms with Gasteiger partial charge < -0.3 is 10.2 Å². The molecule has 12 rings (SSSR count). The third-order valence-corrected chi connectivity index (χ3v) is 17.8. The number of hydrogen-bond acceptors (Lipinski definition) is 19. The second-order valence-corrected chi connectivity index (χ2v) is 23.7. The fourth-order valence-corrected chi connectivity index (χ4v) is 12.5. The average molecular weight is 1310 g/mol. The Morgan fingerprint density at radius 2 is 0.670 bits per heavy atom. The maximum absolute atomic E-state index is 11.9. The van der Waals surface area contributed by atoms with E-state index in [1.54, 1.807) is 36.4 Å². The number of nitrogens with zero attached hydrogens (tertiary/aromatic N) is 12. The molecule has 0 amide bonds. The summed E-state index contributed by atoms with van der Waals surface area (Å²) in [6.07, 6.45) is 1.59. The minimum absolute atomic E-state index is 0.210. The van der Waals surface area contributed by atoms with Gasteiger partial charge in [-0.25, -0.2) is 0 Å². The summed E-state index contributed by atoms with van der Waals surface area (Å²) in [5.74, 6) is -1.17. The second kappa shape index (κ2) is 32.4. The highest BCUT2D eigenvalue weighted by atomic mass is 32.2. The Balaban J connectivity index is 0.000000152. The highest BCUT2D eigenvalue weighted by Gasteiger charge is 2.67. The number of carboxylic acid groups (broad SMARTS) is 2. The molecule has 490 valence electrons. The van der Waals surface area contributed by atoms with Crippen LogP contribution in [-0.2, 0) is 19.7 Å². The van der Waals surface area contributed by atoms with Gasteiger partial charge in [0, 0.05) is 16.7 Å². The Morgan fingerprint density at radius 3 is 0.887 bits per heavy atom. The molecule has 9 aromatic carbocycles. The van der Waals surface area contributed by atoms with Crippen LogP contribution in [0.3, 0.4) is 0 Å². The van der Waals surface area contributed by atoms with Crippen LogP contribution < -0.4 is 47.0 Å². The third kappa shape index (κ3) is 15.9. The number of para-hydroxylation sites is 6. The topological polar surface area (TPSA) is 293 Å². The average Bonchev–Trinajstić information content (AvgIpc) is 1.36. The standard InChI is InChI=1S/3C20H15N5.C14H26O7S/c3*21-15-16-11-13-17(14-12-16)20-22-24(18-7-3-1-4-8-18)25(23-20)19-9-5-2-6-10-19;1-4-7-8-9-10-14(12(17)18,22(19,20)21)13(5-2,6-3)11(15)16/h3*1-14H,(H,22,23);4-10H2,1-3H3,(H,15,16)(H,17,18)(H,19,20,21). The van der Waals surface area contributed by atoms with Crippen LogP contribution in [0.1, 0.15) is 99.1 Å². The van der Waals surface area contributed by atoms with E-state index in [1.807, 2.05) is 256 Å². The zero-order valence-corrected chi connectivity index (χ0v) is 54.3. The van der Waals surface area contributed by atoms with Crippen LogP contribution in [0.5, 0.6) is 0 Å². The van der Waals surface area contributed by atoms with Crippen molar-refractivity contribution in [2.24, 2.45) is 20.7 Å². The van der Waals surface area contributed by atoms with Crippen molar-refractivity contribution in [1.29, 1.82) is 15.8 Å². The minimum atomic E-state index is -5.12. The van der Waals surface area contributed by atoms with Crippen molar-refractivity contribution in [2.75, 3.05) is 30.7 Å². The maximum Gasteiger partial charge on any atom is 0.328 e. The van der Waals surface area contributed by atoms with Crippen LogP contribution in [0.25, 0.3) is 0 Å². The molecule has 3 heterocycles. The molecule has 3 aliphatic heterocycles. The summed E-state index contributed by atoms with van der Waals surface area (Å²) in [7, 11) is -5.12. The number of hydrazone groups is 3. The Kier molecular flexibility index (Phi) is 23.0. The van der Waals surface area contributed by atoms with E-state index in [-0.39, 0.29) is 19.3 Å². The third-order valence-electron chi connectivity index (χ3n) is 16.2. The summed E-state index contributed by atoms with van der Waals surface area (Å²) < 4.78 is 30.8. The summed E-state index contributed by atoms with van der Waals surface area (Å²) in [5.41, 5.74) is 18.3. The first-order valence-corrected chi connectivity index (χ1v) is 32.7. The van der Waals surface area contributed by atoms with E-state index in [1.165, 1.54) is 13.8 Å². The van der Waals surface area contributed by atoms with E-state index in [0.29, 0.717) is 23.1 Å². The lowest BCUT2D eigenvalue weighted by molar-refractivity contribution is -0.161. The quantitative estimate of drug-likeness (QED) is 0.0305. The number of aliphatic carboxylic acids is 2. The van der Waals surface area contributed by atoms with Crippen LogP contribution >= 0.6 is 0 Å². The molecule has 6 N–H and O–H groups in total. The molecule has 0 spiro atoms. The molecule has 22 nitrogen and oxygen atoms in total. The van der Waals surface area contributed by atoms with Gasteiger partial charge in [-0.3, -0.25) is 30.4 Å². The van der Waals surface area contributed by atoms with Crippen molar-refractivity contribution < 1.29 is 32.8 Å². The number of nitrogens with one attached hydrogen (secondary N) is 3. The number of amidine groups is 3. The summed E-state index contributed by atoms with van der Waals surface area (Å²) >= 11 is 0. The molecule has 0 radical (unpaired) electrons. The summed E-state index contributed by atoms with van der Waals surface area (Å²) in [6, 6.07) is 88.3. The first-order chi connectivity index (χ1) is 47.1. The van der Waals surface area contributed by atoms with Crippen LogP contribution in [0.4, 0.5) is 34.1 Å². The summed E-state index contributed by atoms with van der Waals surface area (Å²) in [6.45, 7) is 4.78. The molecule has 23 heteroatoms. The second-order valence-electron chi connectivity index (χ2n) is 22.1. The Hall–Kier alpha value is -12.5. The van der Waals surface area contributed by atoms with Crippen LogP contribution in [-0.4, -0.2) is 57.4 Å². The van der Waals surface area contributed by atoms with Gasteiger partial charge in [0.1, 0.15) is 0 Å². The number of unbranched alkanes of at least 4 members (excludes halogenated alkanes) is 3. The zero-order valence-electron chi connectivity index (χ0n) is 53.4. The van der Waals surface area contributed by atoms with Gasteiger partial charge in [0.05, 0.1) is 74.4 Å². The van der Waals surface area contributed by atoms with Gasteiger partial charge in [0.15, 0.2) is 17.5 Å². The number of carboxylic acids is 2.